The molecule has 2 amide bonds. The van der Waals surface area contributed by atoms with E-state index in [9.17, 15) is 9.59 Å². The van der Waals surface area contributed by atoms with Crippen LogP contribution in [0.5, 0.6) is 0 Å². The molecule has 0 bridgehead atoms. The highest BCUT2D eigenvalue weighted by atomic mass is 16.6. The van der Waals surface area contributed by atoms with E-state index in [2.05, 4.69) is 5.32 Å². The van der Waals surface area contributed by atoms with Crippen molar-refractivity contribution in [2.45, 2.75) is 6.42 Å². The van der Waals surface area contributed by atoms with E-state index in [-0.39, 0.29) is 12.0 Å². The number of hydrogen-bond acceptors (Lipinski definition) is 4. The topological polar surface area (TPSA) is 61.9 Å². The third-order valence-electron chi connectivity index (χ3n) is 2.91. The lowest BCUT2D eigenvalue weighted by Crippen LogP contribution is -2.47. The van der Waals surface area contributed by atoms with Gasteiger partial charge in [0.25, 0.3) is 0 Å². The second kappa shape index (κ2) is 5.16. The molecule has 6 nitrogen and oxygen atoms in total. The van der Waals surface area contributed by atoms with E-state index < -0.39 is 0 Å². The van der Waals surface area contributed by atoms with Crippen molar-refractivity contribution in [2.24, 2.45) is 0 Å². The predicted molar refractivity (Wildman–Crippen MR) is 57.0 cm³/mol. The average molecular weight is 227 g/mol. The molecular weight excluding hydrogens is 210 g/mol. The lowest BCUT2D eigenvalue weighted by Gasteiger charge is -2.27. The van der Waals surface area contributed by atoms with Gasteiger partial charge >= 0.3 is 6.09 Å². The van der Waals surface area contributed by atoms with Crippen molar-refractivity contribution in [2.75, 3.05) is 45.9 Å². The van der Waals surface area contributed by atoms with Gasteiger partial charge in [0.15, 0.2) is 0 Å². The number of nitrogens with zero attached hydrogens (tertiary/aromatic N) is 2. The number of rotatable bonds is 3. The lowest BCUT2D eigenvalue weighted by atomic mass is 10.3. The Morgan fingerprint density at radius 3 is 2.69 bits per heavy atom. The normalized spacial score (nSPS) is 21.1. The van der Waals surface area contributed by atoms with Crippen LogP contribution in [-0.2, 0) is 9.53 Å². The second-order valence-electron chi connectivity index (χ2n) is 3.98. The summed E-state index contributed by atoms with van der Waals surface area (Å²) < 4.78 is 4.80. The van der Waals surface area contributed by atoms with Crippen molar-refractivity contribution in [3.8, 4) is 0 Å². The summed E-state index contributed by atoms with van der Waals surface area (Å²) in [5, 5.41) is 3.20. The molecule has 0 unspecified atom stereocenters. The molecule has 2 aliphatic heterocycles. The molecule has 0 radical (unpaired) electrons. The van der Waals surface area contributed by atoms with Crippen LogP contribution in [-0.4, -0.2) is 67.7 Å². The molecule has 2 rings (SSSR count). The molecule has 6 heteroatoms. The van der Waals surface area contributed by atoms with Gasteiger partial charge in [-0.15, -0.1) is 0 Å². The van der Waals surface area contributed by atoms with Crippen LogP contribution in [0.2, 0.25) is 0 Å². The molecule has 2 heterocycles. The summed E-state index contributed by atoms with van der Waals surface area (Å²) in [7, 11) is 0. The van der Waals surface area contributed by atoms with Crippen molar-refractivity contribution < 1.29 is 14.3 Å². The minimum absolute atomic E-state index is 0.126. The number of amides is 2. The van der Waals surface area contributed by atoms with E-state index >= 15 is 0 Å². The van der Waals surface area contributed by atoms with Crippen LogP contribution in [0.1, 0.15) is 6.42 Å². The zero-order valence-electron chi connectivity index (χ0n) is 9.28. The van der Waals surface area contributed by atoms with Crippen molar-refractivity contribution in [1.82, 2.24) is 15.1 Å². The Morgan fingerprint density at radius 2 is 2.06 bits per heavy atom. The van der Waals surface area contributed by atoms with Gasteiger partial charge in [-0.1, -0.05) is 0 Å². The van der Waals surface area contributed by atoms with Gasteiger partial charge < -0.3 is 19.9 Å². The number of ether oxygens (including phenoxy) is 1. The van der Waals surface area contributed by atoms with E-state index in [1.807, 2.05) is 4.90 Å². The van der Waals surface area contributed by atoms with Crippen LogP contribution in [0.4, 0.5) is 4.79 Å². The maximum Gasteiger partial charge on any atom is 0.409 e. The van der Waals surface area contributed by atoms with Gasteiger partial charge in [0.05, 0.1) is 6.54 Å². The monoisotopic (exact) mass is 227 g/mol. The summed E-state index contributed by atoms with van der Waals surface area (Å²) in [6, 6.07) is 0. The van der Waals surface area contributed by atoms with E-state index in [1.165, 1.54) is 0 Å². The van der Waals surface area contributed by atoms with Gasteiger partial charge in [0, 0.05) is 39.1 Å². The minimum atomic E-state index is -0.298. The molecule has 0 aromatic rings. The van der Waals surface area contributed by atoms with Crippen LogP contribution < -0.4 is 5.32 Å². The smallest absolute Gasteiger partial charge is 0.409 e. The molecule has 1 N–H and O–H groups in total. The molecule has 90 valence electrons. The largest absolute Gasteiger partial charge is 0.448 e. The Bertz CT molecular complexity index is 276. The zero-order valence-corrected chi connectivity index (χ0v) is 9.28. The fourth-order valence-electron chi connectivity index (χ4n) is 1.93. The predicted octanol–water partition coefficient (Wildman–Crippen LogP) is -0.739. The molecule has 0 atom stereocenters. The van der Waals surface area contributed by atoms with Crippen LogP contribution in [0, 0.1) is 0 Å². The van der Waals surface area contributed by atoms with Gasteiger partial charge in [-0.25, -0.2) is 4.79 Å². The SMILES string of the molecule is O=C(CCN1CCOC1=O)N1CCNCC1. The van der Waals surface area contributed by atoms with Crippen LogP contribution in [0.15, 0.2) is 0 Å². The minimum Gasteiger partial charge on any atom is -0.448 e. The molecule has 0 aliphatic carbocycles. The van der Waals surface area contributed by atoms with Crippen molar-refractivity contribution in [1.29, 1.82) is 0 Å². The number of nitrogens with one attached hydrogen (secondary N) is 1. The molecule has 16 heavy (non-hydrogen) atoms. The number of cyclic esters (lactones) is 1. The standard InChI is InChI=1S/C10H17N3O3/c14-9(12-5-2-11-3-6-12)1-4-13-7-8-16-10(13)15/h11H,1-8H2. The Morgan fingerprint density at radius 1 is 1.31 bits per heavy atom. The van der Waals surface area contributed by atoms with E-state index in [0.717, 1.165) is 26.2 Å². The van der Waals surface area contributed by atoms with E-state index in [4.69, 9.17) is 4.74 Å². The van der Waals surface area contributed by atoms with Gasteiger partial charge in [0.2, 0.25) is 5.91 Å². The molecular formula is C10H17N3O3. The van der Waals surface area contributed by atoms with Gasteiger partial charge in [-0.2, -0.15) is 0 Å². The summed E-state index contributed by atoms with van der Waals surface area (Å²) in [6.45, 7) is 4.78. The van der Waals surface area contributed by atoms with Gasteiger partial charge in [0.1, 0.15) is 6.61 Å². The van der Waals surface area contributed by atoms with E-state index in [0.29, 0.717) is 26.1 Å². The Labute approximate surface area is 94.5 Å². The maximum absolute atomic E-state index is 11.8. The summed E-state index contributed by atoms with van der Waals surface area (Å²) >= 11 is 0. The van der Waals surface area contributed by atoms with Crippen LogP contribution in [0.25, 0.3) is 0 Å². The first-order chi connectivity index (χ1) is 7.77. The third-order valence-corrected chi connectivity index (χ3v) is 2.91. The molecule has 2 fully saturated rings. The first-order valence-electron chi connectivity index (χ1n) is 5.67. The maximum atomic E-state index is 11.8. The quantitative estimate of drug-likeness (QED) is 0.690. The second-order valence-corrected chi connectivity index (χ2v) is 3.98. The first-order valence-corrected chi connectivity index (χ1v) is 5.67. The number of piperazine rings is 1. The van der Waals surface area contributed by atoms with Crippen molar-refractivity contribution >= 4 is 12.0 Å². The lowest BCUT2D eigenvalue weighted by molar-refractivity contribution is -0.131. The van der Waals surface area contributed by atoms with Crippen molar-refractivity contribution in [3.05, 3.63) is 0 Å². The molecule has 0 saturated carbocycles. The Balaban J connectivity index is 1.72. The molecule has 2 aliphatic rings. The first kappa shape index (κ1) is 11.2. The zero-order chi connectivity index (χ0) is 11.4. The van der Waals surface area contributed by atoms with E-state index in [1.54, 1.807) is 4.90 Å². The molecule has 2 saturated heterocycles. The van der Waals surface area contributed by atoms with Gasteiger partial charge in [-0.3, -0.25) is 4.79 Å². The van der Waals surface area contributed by atoms with Gasteiger partial charge in [-0.05, 0) is 0 Å². The van der Waals surface area contributed by atoms with Crippen molar-refractivity contribution in [3.63, 3.8) is 0 Å². The molecule has 0 aromatic heterocycles. The third kappa shape index (κ3) is 2.63. The number of hydrogen-bond donors (Lipinski definition) is 1. The Hall–Kier alpha value is -1.30. The fraction of sp³-hybridized carbons (Fsp3) is 0.800. The fourth-order valence-corrected chi connectivity index (χ4v) is 1.93. The number of carbonyl (C=O) groups is 2. The average Bonchev–Trinajstić information content (AvgIpc) is 2.73. The van der Waals surface area contributed by atoms with Crippen LogP contribution in [0.3, 0.4) is 0 Å². The highest BCUT2D eigenvalue weighted by Crippen LogP contribution is 2.05. The highest BCUT2D eigenvalue weighted by molar-refractivity contribution is 5.77. The highest BCUT2D eigenvalue weighted by Gasteiger charge is 2.23. The Kier molecular flexibility index (Phi) is 3.61. The molecule has 0 spiro atoms. The summed E-state index contributed by atoms with van der Waals surface area (Å²) in [5.41, 5.74) is 0. The summed E-state index contributed by atoms with van der Waals surface area (Å²) in [4.78, 5) is 26.3. The van der Waals surface area contributed by atoms with Crippen LogP contribution >= 0.6 is 0 Å². The molecule has 0 aromatic carbocycles. The summed E-state index contributed by atoms with van der Waals surface area (Å²) in [6.07, 6.45) is 0.0999. The number of carbonyl (C=O) groups excluding carboxylic acids is 2. The summed E-state index contributed by atoms with van der Waals surface area (Å²) in [5.74, 6) is 0.126.